The number of nitrogens with zero attached hydrogens (tertiary/aromatic N) is 1. The van der Waals surface area contributed by atoms with Crippen molar-refractivity contribution in [2.24, 2.45) is 0 Å². The summed E-state index contributed by atoms with van der Waals surface area (Å²) in [5.74, 6) is 1.96. The van der Waals surface area contributed by atoms with E-state index in [1.54, 1.807) is 31.0 Å². The maximum absolute atomic E-state index is 13.4. The molecule has 0 saturated carbocycles. The largest absolute Gasteiger partial charge is 0.496 e. The molecule has 2 heterocycles. The van der Waals surface area contributed by atoms with Crippen molar-refractivity contribution in [1.82, 2.24) is 10.2 Å². The number of ether oxygens (including phenoxy) is 3. The predicted octanol–water partition coefficient (Wildman–Crippen LogP) is 4.61. The molecule has 1 amide bonds. The quantitative estimate of drug-likeness (QED) is 0.493. The third kappa shape index (κ3) is 5.55. The second-order valence-electron chi connectivity index (χ2n) is 8.59. The van der Waals surface area contributed by atoms with Crippen molar-refractivity contribution in [3.63, 3.8) is 0 Å². The number of carbonyl (C=O) groups is 1. The average molecular weight is 495 g/mol. The standard InChI is InChI=1S/C27H27FN2O4S/c1-32-24-5-3-2-4-19(24)14-29-27(31)23-13-22(35-21-9-7-20(28)8-10-21)16-30(23)15-18-6-11-25-26(12-18)34-17-33-25/h2-12,22-23H,13-17H2,1H3,(H,29,31)/t22-,23+/m1/s1. The molecule has 2 aliphatic heterocycles. The van der Waals surface area contributed by atoms with Crippen LogP contribution in [-0.4, -0.2) is 42.5 Å². The smallest absolute Gasteiger partial charge is 0.237 e. The molecule has 0 aliphatic carbocycles. The predicted molar refractivity (Wildman–Crippen MR) is 132 cm³/mol. The highest BCUT2D eigenvalue weighted by Crippen LogP contribution is 2.36. The van der Waals surface area contributed by atoms with Crippen LogP contribution in [0.25, 0.3) is 0 Å². The summed E-state index contributed by atoms with van der Waals surface area (Å²) in [5.41, 5.74) is 1.99. The third-order valence-corrected chi connectivity index (χ3v) is 7.47. The Morgan fingerprint density at radius 1 is 1.11 bits per heavy atom. The van der Waals surface area contributed by atoms with E-state index in [1.165, 1.54) is 12.1 Å². The average Bonchev–Trinajstić information content (AvgIpc) is 3.50. The Morgan fingerprint density at radius 3 is 2.74 bits per heavy atom. The number of nitrogens with one attached hydrogen (secondary N) is 1. The molecule has 0 spiro atoms. The van der Waals surface area contributed by atoms with Gasteiger partial charge < -0.3 is 19.5 Å². The fraction of sp³-hybridized carbons (Fsp3) is 0.296. The summed E-state index contributed by atoms with van der Waals surface area (Å²) >= 11 is 1.68. The number of para-hydroxylation sites is 1. The van der Waals surface area contributed by atoms with E-state index in [9.17, 15) is 9.18 Å². The lowest BCUT2D eigenvalue weighted by Gasteiger charge is -2.24. The van der Waals surface area contributed by atoms with Gasteiger partial charge in [0.05, 0.1) is 13.2 Å². The lowest BCUT2D eigenvalue weighted by Crippen LogP contribution is -2.42. The lowest BCUT2D eigenvalue weighted by atomic mass is 10.1. The molecule has 1 saturated heterocycles. The van der Waals surface area contributed by atoms with E-state index in [2.05, 4.69) is 10.2 Å². The second kappa shape index (κ2) is 10.6. The number of likely N-dealkylation sites (tertiary alicyclic amines) is 1. The first-order chi connectivity index (χ1) is 17.1. The molecule has 2 atom stereocenters. The minimum absolute atomic E-state index is 0.0149. The van der Waals surface area contributed by atoms with Crippen LogP contribution in [0.4, 0.5) is 4.39 Å². The van der Waals surface area contributed by atoms with Crippen molar-refractivity contribution in [2.75, 3.05) is 20.4 Å². The maximum Gasteiger partial charge on any atom is 0.237 e. The van der Waals surface area contributed by atoms with Gasteiger partial charge in [0.25, 0.3) is 0 Å². The molecule has 1 N–H and O–H groups in total. The monoisotopic (exact) mass is 494 g/mol. The molecule has 35 heavy (non-hydrogen) atoms. The van der Waals surface area contributed by atoms with Gasteiger partial charge in [0, 0.05) is 35.3 Å². The van der Waals surface area contributed by atoms with Gasteiger partial charge in [-0.25, -0.2) is 4.39 Å². The van der Waals surface area contributed by atoms with Crippen molar-refractivity contribution in [1.29, 1.82) is 0 Å². The Balaban J connectivity index is 1.30. The highest BCUT2D eigenvalue weighted by molar-refractivity contribution is 8.00. The third-order valence-electron chi connectivity index (χ3n) is 6.25. The van der Waals surface area contributed by atoms with Crippen LogP contribution >= 0.6 is 11.8 Å². The lowest BCUT2D eigenvalue weighted by molar-refractivity contribution is -0.125. The van der Waals surface area contributed by atoms with Gasteiger partial charge in [-0.15, -0.1) is 11.8 Å². The number of rotatable bonds is 8. The first-order valence-electron chi connectivity index (χ1n) is 11.5. The van der Waals surface area contributed by atoms with Crippen LogP contribution in [0.2, 0.25) is 0 Å². The summed E-state index contributed by atoms with van der Waals surface area (Å²) in [5, 5.41) is 3.31. The Morgan fingerprint density at radius 2 is 1.91 bits per heavy atom. The van der Waals surface area contributed by atoms with Crippen molar-refractivity contribution in [2.45, 2.75) is 35.7 Å². The Hall–Kier alpha value is -3.23. The normalized spacial score (nSPS) is 19.0. The summed E-state index contributed by atoms with van der Waals surface area (Å²) in [6.45, 7) is 1.98. The van der Waals surface area contributed by atoms with Gasteiger partial charge in [-0.2, -0.15) is 0 Å². The van der Waals surface area contributed by atoms with Gasteiger partial charge in [-0.1, -0.05) is 24.3 Å². The fourth-order valence-corrected chi connectivity index (χ4v) is 5.75. The zero-order chi connectivity index (χ0) is 24.2. The van der Waals surface area contributed by atoms with E-state index in [4.69, 9.17) is 14.2 Å². The Labute approximate surface area is 208 Å². The number of amides is 1. The van der Waals surface area contributed by atoms with E-state index < -0.39 is 0 Å². The molecule has 0 bridgehead atoms. The van der Waals surface area contributed by atoms with Crippen LogP contribution in [0.3, 0.4) is 0 Å². The first-order valence-corrected chi connectivity index (χ1v) is 12.4. The van der Waals surface area contributed by atoms with Gasteiger partial charge >= 0.3 is 0 Å². The van der Waals surface area contributed by atoms with E-state index >= 15 is 0 Å². The fourth-order valence-electron chi connectivity index (χ4n) is 4.52. The van der Waals surface area contributed by atoms with Crippen LogP contribution in [0.1, 0.15) is 17.5 Å². The zero-order valence-corrected chi connectivity index (χ0v) is 20.2. The number of benzene rings is 3. The maximum atomic E-state index is 13.4. The number of fused-ring (bicyclic) bond motifs is 1. The number of carbonyl (C=O) groups excluding carboxylic acids is 1. The molecule has 8 heteroatoms. The van der Waals surface area contributed by atoms with Crippen LogP contribution in [-0.2, 0) is 17.9 Å². The van der Waals surface area contributed by atoms with Gasteiger partial charge in [0.15, 0.2) is 11.5 Å². The first kappa shape index (κ1) is 23.5. The van der Waals surface area contributed by atoms with E-state index in [1.807, 2.05) is 42.5 Å². The molecule has 182 valence electrons. The summed E-state index contributed by atoms with van der Waals surface area (Å²) < 4.78 is 29.7. The number of methoxy groups -OCH3 is 1. The van der Waals surface area contributed by atoms with Crippen molar-refractivity contribution >= 4 is 17.7 Å². The molecule has 0 radical (unpaired) electrons. The summed E-state index contributed by atoms with van der Waals surface area (Å²) in [7, 11) is 1.63. The van der Waals surface area contributed by atoms with Crippen LogP contribution in [0.15, 0.2) is 71.6 Å². The Bertz CT molecular complexity index is 1190. The minimum Gasteiger partial charge on any atom is -0.496 e. The van der Waals surface area contributed by atoms with Crippen molar-refractivity contribution in [3.8, 4) is 17.2 Å². The molecular weight excluding hydrogens is 467 g/mol. The molecule has 3 aromatic carbocycles. The minimum atomic E-state index is -0.284. The van der Waals surface area contributed by atoms with E-state index in [0.29, 0.717) is 19.5 Å². The molecule has 5 rings (SSSR count). The van der Waals surface area contributed by atoms with Crippen molar-refractivity contribution in [3.05, 3.63) is 83.7 Å². The zero-order valence-electron chi connectivity index (χ0n) is 19.4. The Kier molecular flexibility index (Phi) is 7.11. The topological polar surface area (TPSA) is 60.0 Å². The molecule has 0 unspecified atom stereocenters. The molecule has 2 aliphatic rings. The molecule has 6 nitrogen and oxygen atoms in total. The molecule has 1 fully saturated rings. The number of hydrogen-bond acceptors (Lipinski definition) is 6. The van der Waals surface area contributed by atoms with Gasteiger partial charge in [-0.05, 0) is 54.4 Å². The van der Waals surface area contributed by atoms with Crippen LogP contribution in [0, 0.1) is 5.82 Å². The number of halogens is 1. The van der Waals surface area contributed by atoms with E-state index in [0.717, 1.165) is 39.8 Å². The van der Waals surface area contributed by atoms with E-state index in [-0.39, 0.29) is 29.8 Å². The van der Waals surface area contributed by atoms with Crippen LogP contribution < -0.4 is 19.5 Å². The van der Waals surface area contributed by atoms with Gasteiger partial charge in [0.1, 0.15) is 11.6 Å². The molecule has 3 aromatic rings. The summed E-state index contributed by atoms with van der Waals surface area (Å²) in [6, 6.07) is 19.8. The SMILES string of the molecule is COc1ccccc1CNC(=O)[C@@H]1C[C@@H](Sc2ccc(F)cc2)CN1Cc1ccc2c(c1)OCO2. The van der Waals surface area contributed by atoms with Gasteiger partial charge in [-0.3, -0.25) is 9.69 Å². The summed E-state index contributed by atoms with van der Waals surface area (Å²) in [6.07, 6.45) is 0.699. The molecular formula is C27H27FN2O4S. The number of hydrogen-bond donors (Lipinski definition) is 1. The highest BCUT2D eigenvalue weighted by Gasteiger charge is 2.37. The second-order valence-corrected chi connectivity index (χ2v) is 9.97. The van der Waals surface area contributed by atoms with Crippen molar-refractivity contribution < 1.29 is 23.4 Å². The molecule has 0 aromatic heterocycles. The van der Waals surface area contributed by atoms with Crippen LogP contribution in [0.5, 0.6) is 17.2 Å². The summed E-state index contributed by atoms with van der Waals surface area (Å²) in [4.78, 5) is 16.6. The van der Waals surface area contributed by atoms with Gasteiger partial charge in [0.2, 0.25) is 12.7 Å². The highest BCUT2D eigenvalue weighted by atomic mass is 32.2. The number of thioether (sulfide) groups is 1.